The summed E-state index contributed by atoms with van der Waals surface area (Å²) in [4.78, 5) is 32.1. The van der Waals surface area contributed by atoms with Crippen molar-refractivity contribution in [2.24, 2.45) is 0 Å². The largest absolute Gasteiger partial charge is 0.467 e. The highest BCUT2D eigenvalue weighted by atomic mass is 16.7. The van der Waals surface area contributed by atoms with Crippen LogP contribution in [0.25, 0.3) is 0 Å². The SMILES string of the molecule is COC(=O)[C@H]1O[C@@H](OCc2c([N+](=O)[O-])cccc2[N+](=O)[O-])[C@H](O)[C@@H](O)[C@@H]1O. The van der Waals surface area contributed by atoms with Gasteiger partial charge in [0.1, 0.15) is 23.9 Å². The molecule has 1 aliphatic rings. The molecule has 0 amide bonds. The van der Waals surface area contributed by atoms with Crippen LogP contribution in [0.4, 0.5) is 11.4 Å². The van der Waals surface area contributed by atoms with Crippen LogP contribution in [-0.2, 0) is 25.6 Å². The van der Waals surface area contributed by atoms with Gasteiger partial charge in [-0.25, -0.2) is 4.79 Å². The first-order valence-electron chi connectivity index (χ1n) is 7.48. The number of nitrogens with zero attached hydrogens (tertiary/aromatic N) is 2. The lowest BCUT2D eigenvalue weighted by molar-refractivity contribution is -0.396. The maximum absolute atomic E-state index is 11.6. The molecule has 148 valence electrons. The number of esters is 1. The average molecular weight is 388 g/mol. The van der Waals surface area contributed by atoms with E-state index in [9.17, 15) is 40.3 Å². The molecule has 0 bridgehead atoms. The molecular formula is C14H16N2O11. The topological polar surface area (TPSA) is 192 Å². The number of ether oxygens (including phenoxy) is 3. The highest BCUT2D eigenvalue weighted by Crippen LogP contribution is 2.31. The molecule has 1 heterocycles. The number of methoxy groups -OCH3 is 1. The minimum Gasteiger partial charge on any atom is -0.467 e. The lowest BCUT2D eigenvalue weighted by atomic mass is 9.99. The Labute approximate surface area is 151 Å². The van der Waals surface area contributed by atoms with Gasteiger partial charge in [0.25, 0.3) is 11.4 Å². The summed E-state index contributed by atoms with van der Waals surface area (Å²) >= 11 is 0. The van der Waals surface area contributed by atoms with Crippen LogP contribution in [0.1, 0.15) is 5.56 Å². The number of carbonyl (C=O) groups excluding carboxylic acids is 1. The molecule has 3 N–H and O–H groups in total. The maximum atomic E-state index is 11.6. The minimum absolute atomic E-state index is 0.404. The zero-order valence-electron chi connectivity index (χ0n) is 13.8. The Morgan fingerprint density at radius 2 is 1.67 bits per heavy atom. The van der Waals surface area contributed by atoms with Gasteiger partial charge in [0.2, 0.25) is 0 Å². The predicted molar refractivity (Wildman–Crippen MR) is 83.2 cm³/mol. The highest BCUT2D eigenvalue weighted by Gasteiger charge is 2.48. The number of rotatable bonds is 6. The average Bonchev–Trinajstić information content (AvgIpc) is 2.64. The molecule has 27 heavy (non-hydrogen) atoms. The fourth-order valence-electron chi connectivity index (χ4n) is 2.51. The molecule has 1 fully saturated rings. The molecular weight excluding hydrogens is 372 g/mol. The van der Waals surface area contributed by atoms with Crippen molar-refractivity contribution in [1.29, 1.82) is 0 Å². The molecule has 1 aromatic carbocycles. The van der Waals surface area contributed by atoms with Gasteiger partial charge in [-0.1, -0.05) is 0 Å². The number of aliphatic hydroxyl groups is 3. The van der Waals surface area contributed by atoms with Crippen molar-refractivity contribution in [2.75, 3.05) is 7.11 Å². The van der Waals surface area contributed by atoms with E-state index in [4.69, 9.17) is 9.47 Å². The zero-order valence-corrected chi connectivity index (χ0v) is 13.8. The molecule has 0 aromatic heterocycles. The molecule has 2 rings (SSSR count). The summed E-state index contributed by atoms with van der Waals surface area (Å²) in [7, 11) is 1.00. The quantitative estimate of drug-likeness (QED) is 0.307. The number of hydrogen-bond donors (Lipinski definition) is 3. The van der Waals surface area contributed by atoms with Gasteiger partial charge in [-0.2, -0.15) is 0 Å². The van der Waals surface area contributed by atoms with Gasteiger partial charge in [0, 0.05) is 12.1 Å². The summed E-state index contributed by atoms with van der Waals surface area (Å²) in [6, 6.07) is 3.18. The number of hydrogen-bond acceptors (Lipinski definition) is 11. The van der Waals surface area contributed by atoms with Crippen molar-refractivity contribution in [3.8, 4) is 0 Å². The predicted octanol–water partition coefficient (Wildman–Crippen LogP) is -1.000. The van der Waals surface area contributed by atoms with E-state index in [0.29, 0.717) is 0 Å². The van der Waals surface area contributed by atoms with E-state index >= 15 is 0 Å². The van der Waals surface area contributed by atoms with Gasteiger partial charge in [0.15, 0.2) is 12.4 Å². The molecule has 13 nitrogen and oxygen atoms in total. The second-order valence-electron chi connectivity index (χ2n) is 5.52. The monoisotopic (exact) mass is 388 g/mol. The number of carbonyl (C=O) groups is 1. The summed E-state index contributed by atoms with van der Waals surface area (Å²) in [6.45, 7) is -0.744. The lowest BCUT2D eigenvalue weighted by Gasteiger charge is -2.38. The Morgan fingerprint density at radius 3 is 2.15 bits per heavy atom. The van der Waals surface area contributed by atoms with E-state index in [0.717, 1.165) is 25.3 Å². The maximum Gasteiger partial charge on any atom is 0.337 e. The van der Waals surface area contributed by atoms with Crippen LogP contribution < -0.4 is 0 Å². The Hall–Kier alpha value is -2.71. The Kier molecular flexibility index (Phi) is 6.35. The van der Waals surface area contributed by atoms with Crippen molar-refractivity contribution < 1.29 is 44.2 Å². The molecule has 0 unspecified atom stereocenters. The molecule has 1 aliphatic heterocycles. The van der Waals surface area contributed by atoms with Crippen molar-refractivity contribution in [3.05, 3.63) is 44.0 Å². The van der Waals surface area contributed by atoms with Crippen molar-refractivity contribution in [1.82, 2.24) is 0 Å². The molecule has 13 heteroatoms. The molecule has 0 radical (unpaired) electrons. The number of aliphatic hydroxyl groups excluding tert-OH is 3. The zero-order chi connectivity index (χ0) is 20.3. The van der Waals surface area contributed by atoms with Gasteiger partial charge in [0.05, 0.1) is 23.6 Å². The van der Waals surface area contributed by atoms with Crippen LogP contribution in [0, 0.1) is 20.2 Å². The standard InChI is InChI=1S/C14H16N2O11/c1-25-13(20)12-10(18)9(17)11(19)14(27-12)26-5-6-7(15(21)22)3-2-4-8(6)16(23)24/h2-4,9-12,14,17-19H,5H2,1H3/t9-,10-,11+,12-,14+/m0/s1. The molecule has 0 aliphatic carbocycles. The molecule has 0 saturated carbocycles. The van der Waals surface area contributed by atoms with Crippen LogP contribution >= 0.6 is 0 Å². The van der Waals surface area contributed by atoms with Crippen LogP contribution in [0.15, 0.2) is 18.2 Å². The summed E-state index contributed by atoms with van der Waals surface area (Å²) in [5.74, 6) is -1.06. The summed E-state index contributed by atoms with van der Waals surface area (Å²) in [5.41, 5.74) is -1.60. The molecule has 5 atom stereocenters. The van der Waals surface area contributed by atoms with Gasteiger partial charge < -0.3 is 29.5 Å². The fourth-order valence-corrected chi connectivity index (χ4v) is 2.51. The van der Waals surface area contributed by atoms with Crippen LogP contribution in [-0.4, -0.2) is 69.0 Å². The minimum atomic E-state index is -1.85. The first-order valence-corrected chi connectivity index (χ1v) is 7.48. The first-order chi connectivity index (χ1) is 12.7. The molecule has 1 saturated heterocycles. The van der Waals surface area contributed by atoms with Crippen molar-refractivity contribution in [2.45, 2.75) is 37.3 Å². The van der Waals surface area contributed by atoms with Gasteiger partial charge in [-0.15, -0.1) is 0 Å². The van der Waals surface area contributed by atoms with E-state index in [-0.39, 0.29) is 0 Å². The lowest BCUT2D eigenvalue weighted by Crippen LogP contribution is -2.60. The molecule has 0 spiro atoms. The smallest absolute Gasteiger partial charge is 0.337 e. The van der Waals surface area contributed by atoms with Crippen LogP contribution in [0.2, 0.25) is 0 Å². The van der Waals surface area contributed by atoms with Gasteiger partial charge in [-0.05, 0) is 6.07 Å². The molecule has 1 aromatic rings. The fraction of sp³-hybridized carbons (Fsp3) is 0.500. The normalized spacial score (nSPS) is 27.8. The van der Waals surface area contributed by atoms with Crippen molar-refractivity contribution in [3.63, 3.8) is 0 Å². The Morgan fingerprint density at radius 1 is 1.11 bits per heavy atom. The van der Waals surface area contributed by atoms with E-state index in [2.05, 4.69) is 4.74 Å². The second-order valence-corrected chi connectivity index (χ2v) is 5.52. The Bertz CT molecular complexity index is 708. The summed E-state index contributed by atoms with van der Waals surface area (Å²) < 4.78 is 14.6. The second kappa shape index (κ2) is 8.32. The number of benzene rings is 1. The third-order valence-electron chi connectivity index (χ3n) is 3.91. The third-order valence-corrected chi connectivity index (χ3v) is 3.91. The van der Waals surface area contributed by atoms with Crippen molar-refractivity contribution >= 4 is 17.3 Å². The first kappa shape index (κ1) is 20.6. The van der Waals surface area contributed by atoms with E-state index < -0.39 is 70.1 Å². The van der Waals surface area contributed by atoms with Gasteiger partial charge in [-0.3, -0.25) is 20.2 Å². The van der Waals surface area contributed by atoms with E-state index in [1.54, 1.807) is 0 Å². The third kappa shape index (κ3) is 4.17. The van der Waals surface area contributed by atoms with E-state index in [1.165, 1.54) is 0 Å². The van der Waals surface area contributed by atoms with Crippen LogP contribution in [0.5, 0.6) is 0 Å². The summed E-state index contributed by atoms with van der Waals surface area (Å²) in [5, 5.41) is 51.7. The van der Waals surface area contributed by atoms with Gasteiger partial charge >= 0.3 is 5.97 Å². The summed E-state index contributed by atoms with van der Waals surface area (Å²) in [6.07, 6.45) is -8.91. The highest BCUT2D eigenvalue weighted by molar-refractivity contribution is 5.75. The van der Waals surface area contributed by atoms with E-state index in [1.807, 2.05) is 0 Å². The number of nitro benzene ring substituents is 2. The number of nitro groups is 2. The Balaban J connectivity index is 2.26. The van der Waals surface area contributed by atoms with Crippen LogP contribution in [0.3, 0.4) is 0 Å².